The van der Waals surface area contributed by atoms with Gasteiger partial charge in [0.25, 0.3) is 0 Å². The number of fused-ring (bicyclic) bond motifs is 1. The normalized spacial score (nSPS) is 11.3. The Kier molecular flexibility index (Phi) is 4.39. The summed E-state index contributed by atoms with van der Waals surface area (Å²) in [5.41, 5.74) is 3.52. The van der Waals surface area contributed by atoms with Gasteiger partial charge in [-0.3, -0.25) is 0 Å². The quantitative estimate of drug-likeness (QED) is 0.710. The lowest BCUT2D eigenvalue weighted by atomic mass is 10.1. The largest absolute Gasteiger partial charge is 0.369 e. The number of nitrogens with one attached hydrogen (secondary N) is 1. The average molecular weight is 311 g/mol. The first-order valence-electron chi connectivity index (χ1n) is 7.67. The summed E-state index contributed by atoms with van der Waals surface area (Å²) in [6.07, 6.45) is 2.77. The van der Waals surface area contributed by atoms with Gasteiger partial charge in [-0.1, -0.05) is 19.9 Å². The van der Waals surface area contributed by atoms with Gasteiger partial charge in [0.05, 0.1) is 5.52 Å². The van der Waals surface area contributed by atoms with E-state index in [1.807, 2.05) is 0 Å². The summed E-state index contributed by atoms with van der Waals surface area (Å²) in [5.74, 6) is 1.62. The Bertz CT molecular complexity index is 777. The molecule has 0 spiro atoms. The minimum Gasteiger partial charge on any atom is -0.369 e. The molecule has 0 atom stereocenters. The fourth-order valence-electron chi connectivity index (χ4n) is 2.41. The molecule has 0 aliphatic carbocycles. The van der Waals surface area contributed by atoms with Crippen LogP contribution < -0.4 is 5.32 Å². The standard InChI is InChI=1S/C18H21N3S/c1-12(2)6-7-19-18-15-9-14(17-8-13(3)10-22-17)4-5-16(15)20-11-21-18/h4-5,8-12H,6-7H2,1-3H3,(H,19,20,21). The molecule has 0 aliphatic heterocycles. The second-order valence-corrected chi connectivity index (χ2v) is 6.96. The van der Waals surface area contributed by atoms with Gasteiger partial charge in [-0.05, 0) is 54.0 Å². The fraction of sp³-hybridized carbons (Fsp3) is 0.333. The smallest absolute Gasteiger partial charge is 0.137 e. The van der Waals surface area contributed by atoms with E-state index in [2.05, 4.69) is 65.7 Å². The molecule has 0 amide bonds. The van der Waals surface area contributed by atoms with Gasteiger partial charge in [-0.25, -0.2) is 9.97 Å². The molecule has 0 saturated carbocycles. The topological polar surface area (TPSA) is 37.8 Å². The highest BCUT2D eigenvalue weighted by Crippen LogP contribution is 2.30. The third-order valence-corrected chi connectivity index (χ3v) is 4.76. The van der Waals surface area contributed by atoms with Gasteiger partial charge in [0.15, 0.2) is 0 Å². The molecule has 0 radical (unpaired) electrons. The van der Waals surface area contributed by atoms with E-state index in [0.717, 1.165) is 29.7 Å². The Hall–Kier alpha value is -1.94. The molecular weight excluding hydrogens is 290 g/mol. The molecule has 2 aromatic heterocycles. The summed E-state index contributed by atoms with van der Waals surface area (Å²) >= 11 is 1.78. The highest BCUT2D eigenvalue weighted by Gasteiger charge is 2.07. The predicted octanol–water partition coefficient (Wildman–Crippen LogP) is 5.12. The summed E-state index contributed by atoms with van der Waals surface area (Å²) < 4.78 is 0. The first-order valence-corrected chi connectivity index (χ1v) is 8.55. The summed E-state index contributed by atoms with van der Waals surface area (Å²) in [4.78, 5) is 10.1. The number of hydrogen-bond acceptors (Lipinski definition) is 4. The van der Waals surface area contributed by atoms with Gasteiger partial charge in [-0.2, -0.15) is 0 Å². The number of benzene rings is 1. The highest BCUT2D eigenvalue weighted by molar-refractivity contribution is 7.13. The average Bonchev–Trinajstić information content (AvgIpc) is 2.93. The lowest BCUT2D eigenvalue weighted by Crippen LogP contribution is -2.06. The van der Waals surface area contributed by atoms with E-state index < -0.39 is 0 Å². The number of anilines is 1. The lowest BCUT2D eigenvalue weighted by molar-refractivity contribution is 0.607. The minimum absolute atomic E-state index is 0.685. The Labute approximate surface area is 135 Å². The van der Waals surface area contributed by atoms with Crippen molar-refractivity contribution in [3.8, 4) is 10.4 Å². The van der Waals surface area contributed by atoms with Crippen LogP contribution in [0, 0.1) is 12.8 Å². The molecular formula is C18H21N3S. The molecule has 4 heteroatoms. The summed E-state index contributed by atoms with van der Waals surface area (Å²) in [6, 6.07) is 8.63. The molecule has 1 aromatic carbocycles. The fourth-order valence-corrected chi connectivity index (χ4v) is 3.31. The van der Waals surface area contributed by atoms with Crippen molar-refractivity contribution in [1.82, 2.24) is 9.97 Å². The van der Waals surface area contributed by atoms with Crippen molar-refractivity contribution < 1.29 is 0 Å². The third-order valence-electron chi connectivity index (χ3n) is 3.66. The van der Waals surface area contributed by atoms with Gasteiger partial charge in [0.2, 0.25) is 0 Å². The van der Waals surface area contributed by atoms with Crippen molar-refractivity contribution in [2.24, 2.45) is 5.92 Å². The van der Waals surface area contributed by atoms with Crippen molar-refractivity contribution >= 4 is 28.1 Å². The van der Waals surface area contributed by atoms with Crippen LogP contribution in [0.5, 0.6) is 0 Å². The molecule has 0 saturated heterocycles. The van der Waals surface area contributed by atoms with Crippen LogP contribution in [0.3, 0.4) is 0 Å². The van der Waals surface area contributed by atoms with Crippen molar-refractivity contribution in [2.75, 3.05) is 11.9 Å². The number of thiophene rings is 1. The molecule has 1 N–H and O–H groups in total. The van der Waals surface area contributed by atoms with Gasteiger partial charge in [-0.15, -0.1) is 11.3 Å². The van der Waals surface area contributed by atoms with Crippen LogP contribution in [-0.2, 0) is 0 Å². The van der Waals surface area contributed by atoms with Crippen LogP contribution in [-0.4, -0.2) is 16.5 Å². The van der Waals surface area contributed by atoms with Crippen LogP contribution in [0.4, 0.5) is 5.82 Å². The Morgan fingerprint density at radius 3 is 2.77 bits per heavy atom. The predicted molar refractivity (Wildman–Crippen MR) is 95.5 cm³/mol. The van der Waals surface area contributed by atoms with Gasteiger partial charge in [0, 0.05) is 16.8 Å². The Morgan fingerprint density at radius 1 is 1.18 bits per heavy atom. The SMILES string of the molecule is Cc1csc(-c2ccc3ncnc(NCCC(C)C)c3c2)c1. The van der Waals surface area contributed by atoms with Crippen LogP contribution in [0.2, 0.25) is 0 Å². The lowest BCUT2D eigenvalue weighted by Gasteiger charge is -2.10. The number of rotatable bonds is 5. The maximum Gasteiger partial charge on any atom is 0.137 e. The zero-order chi connectivity index (χ0) is 15.5. The van der Waals surface area contributed by atoms with Gasteiger partial charge >= 0.3 is 0 Å². The zero-order valence-corrected chi connectivity index (χ0v) is 14.1. The van der Waals surface area contributed by atoms with Crippen LogP contribution in [0.15, 0.2) is 36.0 Å². The molecule has 0 bridgehead atoms. The van der Waals surface area contributed by atoms with Crippen molar-refractivity contribution in [2.45, 2.75) is 27.2 Å². The van der Waals surface area contributed by atoms with E-state index >= 15 is 0 Å². The summed E-state index contributed by atoms with van der Waals surface area (Å²) in [7, 11) is 0. The van der Waals surface area contributed by atoms with E-state index in [-0.39, 0.29) is 0 Å². The van der Waals surface area contributed by atoms with Crippen molar-refractivity contribution in [3.63, 3.8) is 0 Å². The molecule has 0 unspecified atom stereocenters. The third kappa shape index (κ3) is 3.28. The van der Waals surface area contributed by atoms with Crippen LogP contribution >= 0.6 is 11.3 Å². The molecule has 22 heavy (non-hydrogen) atoms. The molecule has 2 heterocycles. The molecule has 114 valence electrons. The first kappa shape index (κ1) is 15.0. The first-order chi connectivity index (χ1) is 10.6. The summed E-state index contributed by atoms with van der Waals surface area (Å²) in [5, 5.41) is 6.73. The van der Waals surface area contributed by atoms with Crippen molar-refractivity contribution in [3.05, 3.63) is 41.5 Å². The van der Waals surface area contributed by atoms with Crippen LogP contribution in [0.1, 0.15) is 25.8 Å². The Morgan fingerprint density at radius 2 is 2.05 bits per heavy atom. The van der Waals surface area contributed by atoms with Crippen LogP contribution in [0.25, 0.3) is 21.3 Å². The monoisotopic (exact) mass is 311 g/mol. The van der Waals surface area contributed by atoms with Gasteiger partial charge in [0.1, 0.15) is 12.1 Å². The van der Waals surface area contributed by atoms with E-state index in [0.29, 0.717) is 5.92 Å². The maximum absolute atomic E-state index is 4.42. The molecule has 3 rings (SSSR count). The minimum atomic E-state index is 0.685. The molecule has 3 aromatic rings. The number of hydrogen-bond donors (Lipinski definition) is 1. The van der Waals surface area contributed by atoms with E-state index in [4.69, 9.17) is 0 Å². The van der Waals surface area contributed by atoms with Gasteiger partial charge < -0.3 is 5.32 Å². The van der Waals surface area contributed by atoms with E-state index in [1.54, 1.807) is 17.7 Å². The second kappa shape index (κ2) is 6.44. The highest BCUT2D eigenvalue weighted by atomic mass is 32.1. The zero-order valence-electron chi connectivity index (χ0n) is 13.3. The number of aryl methyl sites for hydroxylation is 1. The van der Waals surface area contributed by atoms with E-state index in [1.165, 1.54) is 16.0 Å². The van der Waals surface area contributed by atoms with Crippen molar-refractivity contribution in [1.29, 1.82) is 0 Å². The summed E-state index contributed by atoms with van der Waals surface area (Å²) in [6.45, 7) is 7.53. The second-order valence-electron chi connectivity index (χ2n) is 6.05. The molecule has 3 nitrogen and oxygen atoms in total. The number of aromatic nitrogens is 2. The Balaban J connectivity index is 1.95. The molecule has 0 fully saturated rings. The van der Waals surface area contributed by atoms with E-state index in [9.17, 15) is 0 Å². The number of nitrogens with zero attached hydrogens (tertiary/aromatic N) is 2. The maximum atomic E-state index is 4.42. The molecule has 0 aliphatic rings.